The quantitative estimate of drug-likeness (QED) is 0.903. The molecule has 0 bridgehead atoms. The summed E-state index contributed by atoms with van der Waals surface area (Å²) in [6.07, 6.45) is 3.54. The molecule has 2 aliphatic heterocycles. The van der Waals surface area contributed by atoms with Gasteiger partial charge in [0, 0.05) is 49.9 Å². The minimum atomic E-state index is 0.104. The lowest BCUT2D eigenvalue weighted by atomic mass is 10.0. The largest absolute Gasteiger partial charge is 0.368 e. The highest BCUT2D eigenvalue weighted by molar-refractivity contribution is 5.94. The zero-order valence-corrected chi connectivity index (χ0v) is 12.7. The van der Waals surface area contributed by atoms with Gasteiger partial charge in [0.1, 0.15) is 0 Å². The minimum Gasteiger partial charge on any atom is -0.368 e. The topological polar surface area (TPSA) is 52.7 Å². The van der Waals surface area contributed by atoms with E-state index in [0.29, 0.717) is 18.2 Å². The number of piperazine rings is 1. The van der Waals surface area contributed by atoms with Gasteiger partial charge in [-0.3, -0.25) is 9.59 Å². The van der Waals surface area contributed by atoms with E-state index in [4.69, 9.17) is 0 Å². The first-order valence-corrected chi connectivity index (χ1v) is 8.17. The van der Waals surface area contributed by atoms with Gasteiger partial charge in [-0.2, -0.15) is 0 Å². The summed E-state index contributed by atoms with van der Waals surface area (Å²) >= 11 is 0. The van der Waals surface area contributed by atoms with Gasteiger partial charge >= 0.3 is 0 Å². The number of hydrogen-bond donors (Lipinski definition) is 1. The lowest BCUT2D eigenvalue weighted by Crippen LogP contribution is -2.49. The molecule has 1 aromatic rings. The summed E-state index contributed by atoms with van der Waals surface area (Å²) in [5.41, 5.74) is 3.37. The molecule has 1 saturated heterocycles. The molecule has 2 amide bonds. The molecule has 0 atom stereocenters. The Morgan fingerprint density at radius 1 is 1.09 bits per heavy atom. The van der Waals surface area contributed by atoms with E-state index in [1.165, 1.54) is 11.3 Å². The molecule has 0 aromatic heterocycles. The normalized spacial score (nSPS) is 21.4. The van der Waals surface area contributed by atoms with Crippen LogP contribution in [0.3, 0.4) is 0 Å². The Hall–Kier alpha value is -2.04. The van der Waals surface area contributed by atoms with Crippen LogP contribution in [0.4, 0.5) is 11.4 Å². The highest BCUT2D eigenvalue weighted by atomic mass is 16.2. The van der Waals surface area contributed by atoms with Crippen molar-refractivity contribution in [3.8, 4) is 0 Å². The van der Waals surface area contributed by atoms with E-state index in [0.717, 1.165) is 51.1 Å². The van der Waals surface area contributed by atoms with Crippen molar-refractivity contribution in [2.24, 2.45) is 5.92 Å². The number of nitrogens with zero attached hydrogens (tertiary/aromatic N) is 2. The first kappa shape index (κ1) is 13.6. The molecular weight excluding hydrogens is 278 g/mol. The zero-order chi connectivity index (χ0) is 15.1. The fourth-order valence-corrected chi connectivity index (χ4v) is 3.34. The van der Waals surface area contributed by atoms with Crippen LogP contribution in [0.5, 0.6) is 0 Å². The number of carbonyl (C=O) groups excluding carboxylic acids is 2. The Morgan fingerprint density at radius 3 is 2.59 bits per heavy atom. The molecule has 0 radical (unpaired) electrons. The maximum atomic E-state index is 12.1. The number of fused-ring (bicyclic) bond motifs is 1. The molecule has 4 rings (SSSR count). The zero-order valence-electron chi connectivity index (χ0n) is 12.7. The van der Waals surface area contributed by atoms with Crippen molar-refractivity contribution in [1.29, 1.82) is 0 Å². The maximum absolute atomic E-state index is 12.1. The van der Waals surface area contributed by atoms with Crippen molar-refractivity contribution < 1.29 is 9.59 Å². The van der Waals surface area contributed by atoms with Gasteiger partial charge < -0.3 is 15.1 Å². The molecule has 22 heavy (non-hydrogen) atoms. The van der Waals surface area contributed by atoms with Crippen LogP contribution in [0.25, 0.3) is 0 Å². The van der Waals surface area contributed by atoms with Crippen LogP contribution in [0.15, 0.2) is 18.2 Å². The van der Waals surface area contributed by atoms with E-state index in [9.17, 15) is 9.59 Å². The van der Waals surface area contributed by atoms with Crippen LogP contribution in [-0.2, 0) is 16.0 Å². The van der Waals surface area contributed by atoms with Crippen molar-refractivity contribution in [3.63, 3.8) is 0 Å². The second-order valence-corrected chi connectivity index (χ2v) is 6.48. The van der Waals surface area contributed by atoms with E-state index in [1.807, 2.05) is 11.0 Å². The summed E-state index contributed by atoms with van der Waals surface area (Å²) in [6.45, 7) is 3.43. The van der Waals surface area contributed by atoms with E-state index in [-0.39, 0.29) is 5.91 Å². The molecule has 0 unspecified atom stereocenters. The smallest absolute Gasteiger partial charge is 0.225 e. The molecule has 1 N–H and O–H groups in total. The highest BCUT2D eigenvalue weighted by Gasteiger charge is 2.34. The highest BCUT2D eigenvalue weighted by Crippen LogP contribution is 2.32. The number of amides is 2. The van der Waals surface area contributed by atoms with Crippen molar-refractivity contribution in [2.75, 3.05) is 36.4 Å². The van der Waals surface area contributed by atoms with Gasteiger partial charge in [-0.05, 0) is 43.0 Å². The van der Waals surface area contributed by atoms with Crippen LogP contribution in [0.2, 0.25) is 0 Å². The summed E-state index contributed by atoms with van der Waals surface area (Å²) in [4.78, 5) is 27.9. The first-order chi connectivity index (χ1) is 10.7. The van der Waals surface area contributed by atoms with E-state index in [1.54, 1.807) is 0 Å². The molecule has 2 heterocycles. The lowest BCUT2D eigenvalue weighted by Gasteiger charge is -2.36. The molecular formula is C17H21N3O2. The number of carbonyl (C=O) groups is 2. The van der Waals surface area contributed by atoms with Crippen LogP contribution in [-0.4, -0.2) is 42.9 Å². The Balaban J connectivity index is 1.43. The molecule has 2 fully saturated rings. The predicted molar refractivity (Wildman–Crippen MR) is 84.9 cm³/mol. The second-order valence-electron chi connectivity index (χ2n) is 6.48. The van der Waals surface area contributed by atoms with Gasteiger partial charge in [0.2, 0.25) is 11.8 Å². The third-order valence-corrected chi connectivity index (χ3v) is 4.87. The third kappa shape index (κ3) is 2.56. The second kappa shape index (κ2) is 5.30. The van der Waals surface area contributed by atoms with E-state index in [2.05, 4.69) is 22.3 Å². The summed E-state index contributed by atoms with van der Waals surface area (Å²) in [5.74, 6) is 0.777. The van der Waals surface area contributed by atoms with Crippen LogP contribution >= 0.6 is 0 Å². The molecule has 3 aliphatic rings. The Labute approximate surface area is 130 Å². The molecule has 1 aliphatic carbocycles. The number of nitrogens with one attached hydrogen (secondary N) is 1. The molecule has 1 aromatic carbocycles. The summed E-state index contributed by atoms with van der Waals surface area (Å²) in [7, 11) is 0. The van der Waals surface area contributed by atoms with Crippen molar-refractivity contribution in [1.82, 2.24) is 4.90 Å². The summed E-state index contributed by atoms with van der Waals surface area (Å²) in [6, 6.07) is 6.26. The van der Waals surface area contributed by atoms with E-state index < -0.39 is 0 Å². The fraction of sp³-hybridized carbons (Fsp3) is 0.529. The Morgan fingerprint density at radius 2 is 1.86 bits per heavy atom. The van der Waals surface area contributed by atoms with Crippen molar-refractivity contribution in [2.45, 2.75) is 25.7 Å². The van der Waals surface area contributed by atoms with Crippen LogP contribution in [0, 0.1) is 5.92 Å². The Kier molecular flexibility index (Phi) is 3.28. The summed E-state index contributed by atoms with van der Waals surface area (Å²) < 4.78 is 0. The number of hydrogen-bond acceptors (Lipinski definition) is 3. The average Bonchev–Trinajstić information content (AvgIpc) is 3.39. The minimum absolute atomic E-state index is 0.104. The van der Waals surface area contributed by atoms with Gasteiger partial charge in [0.05, 0.1) is 0 Å². The van der Waals surface area contributed by atoms with Gasteiger partial charge in [0.25, 0.3) is 0 Å². The number of rotatable bonds is 2. The van der Waals surface area contributed by atoms with E-state index >= 15 is 0 Å². The van der Waals surface area contributed by atoms with Gasteiger partial charge in [-0.25, -0.2) is 0 Å². The lowest BCUT2D eigenvalue weighted by molar-refractivity contribution is -0.132. The van der Waals surface area contributed by atoms with Gasteiger partial charge in [-0.15, -0.1) is 0 Å². The Bertz CT molecular complexity index is 616. The number of anilines is 2. The van der Waals surface area contributed by atoms with Crippen LogP contribution < -0.4 is 10.2 Å². The van der Waals surface area contributed by atoms with Gasteiger partial charge in [-0.1, -0.05) is 0 Å². The van der Waals surface area contributed by atoms with Crippen LogP contribution in [0.1, 0.15) is 24.8 Å². The molecule has 1 saturated carbocycles. The standard InChI is InChI=1S/C17H21N3O2/c21-16-6-3-13-11-14(4-5-15(13)18-16)19-7-9-20(10-8-19)17(22)12-1-2-12/h4-5,11-12H,1-3,6-10H2,(H,18,21). The molecule has 0 spiro atoms. The van der Waals surface area contributed by atoms with Crippen molar-refractivity contribution in [3.05, 3.63) is 23.8 Å². The maximum Gasteiger partial charge on any atom is 0.225 e. The third-order valence-electron chi connectivity index (χ3n) is 4.87. The molecule has 5 nitrogen and oxygen atoms in total. The first-order valence-electron chi connectivity index (χ1n) is 8.17. The van der Waals surface area contributed by atoms with Gasteiger partial charge in [0.15, 0.2) is 0 Å². The molecule has 5 heteroatoms. The number of aryl methyl sites for hydroxylation is 1. The SMILES string of the molecule is O=C1CCc2cc(N3CCN(C(=O)C4CC4)CC3)ccc2N1. The monoisotopic (exact) mass is 299 g/mol. The predicted octanol–water partition coefficient (Wildman–Crippen LogP) is 1.63. The fourth-order valence-electron chi connectivity index (χ4n) is 3.34. The summed E-state index contributed by atoms with van der Waals surface area (Å²) in [5, 5.41) is 2.92. The number of benzene rings is 1. The van der Waals surface area contributed by atoms with Crippen molar-refractivity contribution >= 4 is 23.2 Å². The average molecular weight is 299 g/mol. The molecule has 116 valence electrons.